The summed E-state index contributed by atoms with van der Waals surface area (Å²) < 4.78 is 16.1. The topological polar surface area (TPSA) is 102 Å². The number of ether oxygens (including phenoxy) is 2. The van der Waals surface area contributed by atoms with Gasteiger partial charge in [-0.2, -0.15) is 0 Å². The Morgan fingerprint density at radius 3 is 2.68 bits per heavy atom. The maximum Gasteiger partial charge on any atom is 0.290 e. The van der Waals surface area contributed by atoms with Gasteiger partial charge in [0.15, 0.2) is 11.5 Å². The second-order valence-electron chi connectivity index (χ2n) is 6.87. The molecule has 0 bridgehead atoms. The van der Waals surface area contributed by atoms with E-state index in [4.69, 9.17) is 13.9 Å². The largest absolute Gasteiger partial charge is 0.503 e. The average molecular weight is 420 g/mol. The molecule has 4 rings (SSSR count). The number of methoxy groups -OCH3 is 2. The molecule has 1 amide bonds. The summed E-state index contributed by atoms with van der Waals surface area (Å²) in [5.74, 6) is -0.910. The fourth-order valence-electron chi connectivity index (χ4n) is 3.65. The van der Waals surface area contributed by atoms with Crippen molar-refractivity contribution >= 4 is 11.7 Å². The van der Waals surface area contributed by atoms with Crippen LogP contribution in [-0.4, -0.2) is 40.9 Å². The van der Waals surface area contributed by atoms with E-state index < -0.39 is 23.5 Å². The molecule has 31 heavy (non-hydrogen) atoms. The van der Waals surface area contributed by atoms with E-state index >= 15 is 0 Å². The second-order valence-corrected chi connectivity index (χ2v) is 6.87. The first-order valence-electron chi connectivity index (χ1n) is 9.48. The molecule has 0 saturated carbocycles. The van der Waals surface area contributed by atoms with Crippen molar-refractivity contribution in [3.8, 4) is 11.5 Å². The van der Waals surface area contributed by atoms with Crippen molar-refractivity contribution in [1.29, 1.82) is 0 Å². The van der Waals surface area contributed by atoms with Crippen LogP contribution in [-0.2, 0) is 11.3 Å². The van der Waals surface area contributed by atoms with E-state index in [0.717, 1.165) is 5.56 Å². The molecule has 0 aliphatic carbocycles. The van der Waals surface area contributed by atoms with Crippen molar-refractivity contribution < 1.29 is 28.6 Å². The van der Waals surface area contributed by atoms with Gasteiger partial charge in [-0.25, -0.2) is 0 Å². The quantitative estimate of drug-likeness (QED) is 0.584. The zero-order valence-electron chi connectivity index (χ0n) is 16.9. The summed E-state index contributed by atoms with van der Waals surface area (Å²) in [7, 11) is 3.01. The van der Waals surface area contributed by atoms with Gasteiger partial charge in [-0.15, -0.1) is 0 Å². The molecule has 1 aliphatic heterocycles. The van der Waals surface area contributed by atoms with Crippen LogP contribution in [0.5, 0.6) is 11.5 Å². The molecule has 1 aromatic carbocycles. The molecular weight excluding hydrogens is 400 g/mol. The number of aromatic nitrogens is 1. The van der Waals surface area contributed by atoms with E-state index in [9.17, 15) is 14.7 Å². The molecule has 2 aromatic heterocycles. The number of rotatable bonds is 7. The molecule has 8 heteroatoms. The van der Waals surface area contributed by atoms with Gasteiger partial charge in [0.05, 0.1) is 32.1 Å². The van der Waals surface area contributed by atoms with Crippen LogP contribution in [0.2, 0.25) is 0 Å². The van der Waals surface area contributed by atoms with Crippen molar-refractivity contribution in [1.82, 2.24) is 9.88 Å². The van der Waals surface area contributed by atoms with Gasteiger partial charge in [0.25, 0.3) is 5.91 Å². The highest BCUT2D eigenvalue weighted by atomic mass is 16.5. The predicted molar refractivity (Wildman–Crippen MR) is 110 cm³/mol. The van der Waals surface area contributed by atoms with Crippen LogP contribution in [0, 0.1) is 0 Å². The molecule has 1 N–H and O–H groups in total. The van der Waals surface area contributed by atoms with Crippen LogP contribution >= 0.6 is 0 Å². The number of Topliss-reactive ketones (excluding diaryl/α,β-unsaturated/α-hetero) is 1. The zero-order chi connectivity index (χ0) is 22.0. The summed E-state index contributed by atoms with van der Waals surface area (Å²) in [5.41, 5.74) is 1.15. The minimum Gasteiger partial charge on any atom is -0.503 e. The van der Waals surface area contributed by atoms with Gasteiger partial charge < -0.3 is 23.9 Å². The number of aliphatic hydroxyl groups excluding tert-OH is 1. The van der Waals surface area contributed by atoms with Crippen LogP contribution in [0.3, 0.4) is 0 Å². The molecule has 1 atom stereocenters. The van der Waals surface area contributed by atoms with Gasteiger partial charge in [-0.3, -0.25) is 14.6 Å². The van der Waals surface area contributed by atoms with Crippen molar-refractivity contribution in [2.75, 3.05) is 14.2 Å². The number of furan rings is 1. The minimum atomic E-state index is -0.921. The van der Waals surface area contributed by atoms with Gasteiger partial charge >= 0.3 is 0 Å². The summed E-state index contributed by atoms with van der Waals surface area (Å²) in [6, 6.07) is 10.8. The van der Waals surface area contributed by atoms with Gasteiger partial charge in [0.2, 0.25) is 5.78 Å². The fraction of sp³-hybridized carbons (Fsp3) is 0.174. The Kier molecular flexibility index (Phi) is 5.44. The summed E-state index contributed by atoms with van der Waals surface area (Å²) in [6.45, 7) is 0.122. The molecule has 0 radical (unpaired) electrons. The van der Waals surface area contributed by atoms with E-state index in [0.29, 0.717) is 17.1 Å². The number of pyridine rings is 1. The number of amides is 1. The van der Waals surface area contributed by atoms with E-state index in [1.54, 1.807) is 42.7 Å². The van der Waals surface area contributed by atoms with E-state index in [1.165, 1.54) is 31.4 Å². The average Bonchev–Trinajstić information content (AvgIpc) is 3.42. The monoisotopic (exact) mass is 420 g/mol. The normalized spacial score (nSPS) is 16.0. The van der Waals surface area contributed by atoms with E-state index in [2.05, 4.69) is 4.98 Å². The second kappa shape index (κ2) is 8.35. The van der Waals surface area contributed by atoms with Crippen molar-refractivity contribution in [2.24, 2.45) is 0 Å². The molecule has 0 saturated heterocycles. The number of carbonyl (C=O) groups is 2. The van der Waals surface area contributed by atoms with E-state index in [1.807, 2.05) is 6.07 Å². The van der Waals surface area contributed by atoms with Gasteiger partial charge in [0, 0.05) is 24.5 Å². The summed E-state index contributed by atoms with van der Waals surface area (Å²) >= 11 is 0. The standard InChI is InChI=1S/C23H20N2O6/c1-29-15-7-8-17(30-2)16(11-15)20-19(21(26)18-6-4-10-31-18)22(27)23(28)25(20)13-14-5-3-9-24-12-14/h3-12,20,27H,13H2,1-2H3/t20-/m1/s1. The highest BCUT2D eigenvalue weighted by Crippen LogP contribution is 2.44. The maximum absolute atomic E-state index is 13.2. The number of hydrogen-bond acceptors (Lipinski definition) is 7. The third kappa shape index (κ3) is 3.63. The lowest BCUT2D eigenvalue weighted by atomic mass is 9.94. The summed E-state index contributed by atoms with van der Waals surface area (Å²) in [6.07, 6.45) is 4.60. The molecule has 8 nitrogen and oxygen atoms in total. The molecule has 0 spiro atoms. The first-order valence-corrected chi connectivity index (χ1v) is 9.48. The zero-order valence-corrected chi connectivity index (χ0v) is 16.9. The number of hydrogen-bond donors (Lipinski definition) is 1. The van der Waals surface area contributed by atoms with Crippen molar-refractivity contribution in [2.45, 2.75) is 12.6 Å². The van der Waals surface area contributed by atoms with Crippen LogP contribution in [0.1, 0.15) is 27.7 Å². The first-order chi connectivity index (χ1) is 15.0. The van der Waals surface area contributed by atoms with Crippen molar-refractivity contribution in [3.05, 3.63) is 89.3 Å². The van der Waals surface area contributed by atoms with Crippen molar-refractivity contribution in [3.63, 3.8) is 0 Å². The lowest BCUT2D eigenvalue weighted by Crippen LogP contribution is -2.31. The number of aliphatic hydroxyl groups is 1. The summed E-state index contributed by atoms with van der Waals surface area (Å²) in [5, 5.41) is 10.7. The Labute approximate surface area is 178 Å². The first kappa shape index (κ1) is 20.2. The van der Waals surface area contributed by atoms with Gasteiger partial charge in [0.1, 0.15) is 11.5 Å². The molecule has 3 aromatic rings. The number of nitrogens with zero attached hydrogens (tertiary/aromatic N) is 2. The third-order valence-electron chi connectivity index (χ3n) is 5.10. The Bertz CT molecular complexity index is 1140. The maximum atomic E-state index is 13.2. The lowest BCUT2D eigenvalue weighted by Gasteiger charge is -2.28. The van der Waals surface area contributed by atoms with Gasteiger partial charge in [-0.1, -0.05) is 6.07 Å². The molecule has 1 aliphatic rings. The Morgan fingerprint density at radius 2 is 2.03 bits per heavy atom. The fourth-order valence-corrected chi connectivity index (χ4v) is 3.65. The van der Waals surface area contributed by atoms with Crippen LogP contribution in [0.15, 0.2) is 76.9 Å². The van der Waals surface area contributed by atoms with Crippen LogP contribution in [0.25, 0.3) is 0 Å². The molecule has 0 fully saturated rings. The van der Waals surface area contributed by atoms with Crippen LogP contribution in [0.4, 0.5) is 0 Å². The van der Waals surface area contributed by atoms with Gasteiger partial charge in [-0.05, 0) is 42.0 Å². The molecule has 158 valence electrons. The minimum absolute atomic E-state index is 0.0180. The number of ketones is 1. The predicted octanol–water partition coefficient (Wildman–Crippen LogP) is 3.47. The smallest absolute Gasteiger partial charge is 0.290 e. The van der Waals surface area contributed by atoms with E-state index in [-0.39, 0.29) is 17.9 Å². The Morgan fingerprint density at radius 1 is 1.19 bits per heavy atom. The highest BCUT2D eigenvalue weighted by Gasteiger charge is 2.45. The summed E-state index contributed by atoms with van der Waals surface area (Å²) in [4.78, 5) is 31.8. The lowest BCUT2D eigenvalue weighted by molar-refractivity contribution is -0.130. The molecule has 0 unspecified atom stereocenters. The molecular formula is C23H20N2O6. The molecule has 3 heterocycles. The van der Waals surface area contributed by atoms with Crippen LogP contribution < -0.4 is 9.47 Å². The Hall–Kier alpha value is -4.07. The third-order valence-corrected chi connectivity index (χ3v) is 5.10. The Balaban J connectivity index is 1.87. The SMILES string of the molecule is COc1ccc(OC)c([C@@H]2C(C(=O)c3ccco3)=C(O)C(=O)N2Cc2cccnc2)c1. The number of carbonyl (C=O) groups excluding carboxylic acids is 2. The highest BCUT2D eigenvalue weighted by molar-refractivity contribution is 6.15. The number of benzene rings is 1.